The van der Waals surface area contributed by atoms with Gasteiger partial charge in [-0.05, 0) is 73.5 Å². The van der Waals surface area contributed by atoms with Crippen LogP contribution in [0.15, 0.2) is 65.8 Å². The van der Waals surface area contributed by atoms with Gasteiger partial charge in [-0.1, -0.05) is 23.7 Å². The summed E-state index contributed by atoms with van der Waals surface area (Å²) in [6.45, 7) is 3.91. The number of carbonyl (C=O) groups excluding carboxylic acids is 2. The van der Waals surface area contributed by atoms with E-state index in [-0.39, 0.29) is 18.4 Å². The van der Waals surface area contributed by atoms with E-state index in [1.54, 1.807) is 54.6 Å². The van der Waals surface area contributed by atoms with E-state index in [2.05, 4.69) is 15.8 Å². The zero-order valence-corrected chi connectivity index (χ0v) is 20.4. The van der Waals surface area contributed by atoms with Crippen molar-refractivity contribution in [2.24, 2.45) is 5.10 Å². The highest BCUT2D eigenvalue weighted by Gasteiger charge is 2.10. The molecular weight excluding hydrogens is 470 g/mol. The number of anilines is 1. The highest BCUT2D eigenvalue weighted by molar-refractivity contribution is 6.31. The zero-order valence-electron chi connectivity index (χ0n) is 19.6. The van der Waals surface area contributed by atoms with E-state index in [1.807, 2.05) is 19.9 Å². The highest BCUT2D eigenvalue weighted by Crippen LogP contribution is 2.28. The predicted octanol–water partition coefficient (Wildman–Crippen LogP) is 4.84. The molecule has 2 amide bonds. The van der Waals surface area contributed by atoms with Gasteiger partial charge in [-0.3, -0.25) is 9.59 Å². The monoisotopic (exact) mass is 495 g/mol. The maximum atomic E-state index is 12.3. The number of hydrazone groups is 1. The Balaban J connectivity index is 1.60. The van der Waals surface area contributed by atoms with Gasteiger partial charge in [0.15, 0.2) is 18.1 Å². The Morgan fingerprint density at radius 1 is 1.03 bits per heavy atom. The van der Waals surface area contributed by atoms with Crippen LogP contribution >= 0.6 is 11.6 Å². The van der Waals surface area contributed by atoms with Crippen molar-refractivity contribution >= 4 is 35.3 Å². The Morgan fingerprint density at radius 2 is 1.86 bits per heavy atom. The summed E-state index contributed by atoms with van der Waals surface area (Å²) in [6, 6.07) is 17.1. The molecule has 0 aromatic heterocycles. The molecule has 0 bridgehead atoms. The standard InChI is InChI=1S/C26H26ClN3O5/c1-4-34-24-12-18(15-28-30-26(32)19-6-5-7-21(13-19)33-3)9-11-23(24)35-16-25(31)29-20-10-8-17(2)22(27)14-20/h5-15H,4,16H2,1-3H3,(H,29,31)(H,30,32)/b28-15+. The lowest BCUT2D eigenvalue weighted by molar-refractivity contribution is -0.118. The van der Waals surface area contributed by atoms with Crippen LogP contribution in [-0.4, -0.2) is 38.4 Å². The quantitative estimate of drug-likeness (QED) is 0.310. The molecule has 0 heterocycles. The first-order valence-corrected chi connectivity index (χ1v) is 11.2. The van der Waals surface area contributed by atoms with E-state index in [4.69, 9.17) is 25.8 Å². The SMILES string of the molecule is CCOc1cc(/C=N/NC(=O)c2cccc(OC)c2)ccc1OCC(=O)Nc1ccc(C)c(Cl)c1. The van der Waals surface area contributed by atoms with Crippen LogP contribution in [-0.2, 0) is 4.79 Å². The van der Waals surface area contributed by atoms with Crippen molar-refractivity contribution in [1.82, 2.24) is 5.43 Å². The van der Waals surface area contributed by atoms with E-state index in [9.17, 15) is 9.59 Å². The van der Waals surface area contributed by atoms with Crippen molar-refractivity contribution in [1.29, 1.82) is 0 Å². The van der Waals surface area contributed by atoms with Crippen molar-refractivity contribution in [3.05, 3.63) is 82.4 Å². The van der Waals surface area contributed by atoms with Gasteiger partial charge < -0.3 is 19.5 Å². The van der Waals surface area contributed by atoms with Crippen LogP contribution in [0.3, 0.4) is 0 Å². The van der Waals surface area contributed by atoms with E-state index < -0.39 is 0 Å². The summed E-state index contributed by atoms with van der Waals surface area (Å²) in [4.78, 5) is 24.6. The van der Waals surface area contributed by atoms with Gasteiger partial charge in [0.1, 0.15) is 5.75 Å². The second-order valence-corrected chi connectivity index (χ2v) is 7.78. The molecule has 0 aliphatic carbocycles. The number of amides is 2. The fourth-order valence-electron chi connectivity index (χ4n) is 3.00. The van der Waals surface area contributed by atoms with Gasteiger partial charge in [0.05, 0.1) is 19.9 Å². The van der Waals surface area contributed by atoms with E-state index in [0.29, 0.717) is 45.7 Å². The van der Waals surface area contributed by atoms with Crippen LogP contribution in [0.1, 0.15) is 28.4 Å². The van der Waals surface area contributed by atoms with Gasteiger partial charge in [-0.15, -0.1) is 0 Å². The van der Waals surface area contributed by atoms with Crippen molar-refractivity contribution in [2.45, 2.75) is 13.8 Å². The summed E-state index contributed by atoms with van der Waals surface area (Å²) >= 11 is 6.10. The Labute approximate surface area is 208 Å². The van der Waals surface area contributed by atoms with Crippen LogP contribution < -0.4 is 25.0 Å². The molecule has 9 heteroatoms. The summed E-state index contributed by atoms with van der Waals surface area (Å²) in [7, 11) is 1.53. The van der Waals surface area contributed by atoms with Crippen molar-refractivity contribution in [2.75, 3.05) is 25.6 Å². The molecule has 3 aromatic rings. The second kappa shape index (κ2) is 12.4. The molecule has 35 heavy (non-hydrogen) atoms. The molecular formula is C26H26ClN3O5. The van der Waals surface area contributed by atoms with Crippen LogP contribution in [0.5, 0.6) is 17.2 Å². The first-order valence-electron chi connectivity index (χ1n) is 10.8. The number of nitrogens with zero attached hydrogens (tertiary/aromatic N) is 1. The minimum Gasteiger partial charge on any atom is -0.497 e. The normalized spacial score (nSPS) is 10.6. The minimum atomic E-state index is -0.369. The van der Waals surface area contributed by atoms with Crippen molar-refractivity contribution < 1.29 is 23.8 Å². The number of rotatable bonds is 10. The fraction of sp³-hybridized carbons (Fsp3) is 0.192. The summed E-state index contributed by atoms with van der Waals surface area (Å²) in [5, 5.41) is 7.31. The first-order chi connectivity index (χ1) is 16.9. The van der Waals surface area contributed by atoms with Gasteiger partial charge in [0.25, 0.3) is 11.8 Å². The largest absolute Gasteiger partial charge is 0.497 e. The molecule has 0 unspecified atom stereocenters. The molecule has 2 N–H and O–H groups in total. The molecule has 0 saturated carbocycles. The number of hydrogen-bond donors (Lipinski definition) is 2. The molecule has 0 aliphatic heterocycles. The molecule has 0 atom stereocenters. The molecule has 0 fully saturated rings. The molecule has 0 spiro atoms. The van der Waals surface area contributed by atoms with Crippen molar-refractivity contribution in [3.8, 4) is 17.2 Å². The third-order valence-electron chi connectivity index (χ3n) is 4.79. The number of nitrogens with one attached hydrogen (secondary N) is 2. The number of carbonyl (C=O) groups is 2. The first kappa shape index (κ1) is 25.6. The molecule has 182 valence electrons. The van der Waals surface area contributed by atoms with Crippen LogP contribution in [0.25, 0.3) is 0 Å². The van der Waals surface area contributed by atoms with Crippen LogP contribution in [0.2, 0.25) is 5.02 Å². The Kier molecular flexibility index (Phi) is 9.09. The minimum absolute atomic E-state index is 0.213. The number of halogens is 1. The average molecular weight is 496 g/mol. The number of ether oxygens (including phenoxy) is 3. The molecule has 3 aromatic carbocycles. The van der Waals surface area contributed by atoms with Gasteiger partial charge in [-0.25, -0.2) is 5.43 Å². The summed E-state index contributed by atoms with van der Waals surface area (Å²) in [6.07, 6.45) is 1.48. The summed E-state index contributed by atoms with van der Waals surface area (Å²) < 4.78 is 16.4. The third kappa shape index (κ3) is 7.48. The summed E-state index contributed by atoms with van der Waals surface area (Å²) in [5.41, 5.74) is 5.08. The number of benzene rings is 3. The van der Waals surface area contributed by atoms with Gasteiger partial charge in [0.2, 0.25) is 0 Å². The Morgan fingerprint density at radius 3 is 2.60 bits per heavy atom. The maximum absolute atomic E-state index is 12.3. The average Bonchev–Trinajstić information content (AvgIpc) is 2.86. The maximum Gasteiger partial charge on any atom is 0.271 e. The molecule has 0 radical (unpaired) electrons. The van der Waals surface area contributed by atoms with E-state index >= 15 is 0 Å². The van der Waals surface area contributed by atoms with Crippen LogP contribution in [0, 0.1) is 6.92 Å². The van der Waals surface area contributed by atoms with Crippen LogP contribution in [0.4, 0.5) is 5.69 Å². The number of methoxy groups -OCH3 is 1. The number of aryl methyl sites for hydroxylation is 1. The molecule has 8 nitrogen and oxygen atoms in total. The zero-order chi connectivity index (χ0) is 25.2. The third-order valence-corrected chi connectivity index (χ3v) is 5.20. The lowest BCUT2D eigenvalue weighted by Gasteiger charge is -2.13. The Bertz CT molecular complexity index is 1230. The smallest absolute Gasteiger partial charge is 0.271 e. The number of hydrogen-bond acceptors (Lipinski definition) is 6. The Hall–Kier alpha value is -4.04. The predicted molar refractivity (Wildman–Crippen MR) is 136 cm³/mol. The fourth-order valence-corrected chi connectivity index (χ4v) is 3.18. The van der Waals surface area contributed by atoms with Gasteiger partial charge >= 0.3 is 0 Å². The van der Waals surface area contributed by atoms with Gasteiger partial charge in [-0.2, -0.15) is 5.10 Å². The summed E-state index contributed by atoms with van der Waals surface area (Å²) in [5.74, 6) is 0.724. The molecule has 3 rings (SSSR count). The lowest BCUT2D eigenvalue weighted by atomic mass is 10.2. The molecule has 0 saturated heterocycles. The second-order valence-electron chi connectivity index (χ2n) is 7.37. The van der Waals surface area contributed by atoms with Crippen molar-refractivity contribution in [3.63, 3.8) is 0 Å². The van der Waals surface area contributed by atoms with E-state index in [0.717, 1.165) is 5.56 Å². The highest BCUT2D eigenvalue weighted by atomic mass is 35.5. The van der Waals surface area contributed by atoms with Gasteiger partial charge in [0, 0.05) is 16.3 Å². The topological polar surface area (TPSA) is 98.2 Å². The molecule has 0 aliphatic rings. The van der Waals surface area contributed by atoms with E-state index in [1.165, 1.54) is 13.3 Å². The lowest BCUT2D eigenvalue weighted by Crippen LogP contribution is -2.20.